The standard InChI is InChI=1S/C22H27ClN2O2/c1-16(26)25(15-17-5-11-20(23)12-6-17)14-13-24-21(27)18-7-9-19(10-8-18)22(2,3)4/h5-12H,13-15H2,1-4H3,(H,24,27). The molecule has 0 fully saturated rings. The topological polar surface area (TPSA) is 49.4 Å². The number of amides is 2. The van der Waals surface area contributed by atoms with Crippen LogP contribution in [0.25, 0.3) is 0 Å². The number of benzene rings is 2. The SMILES string of the molecule is CC(=O)N(CCNC(=O)c1ccc(C(C)(C)C)cc1)Cc1ccc(Cl)cc1. The number of nitrogens with one attached hydrogen (secondary N) is 1. The van der Waals surface area contributed by atoms with Crippen LogP contribution < -0.4 is 5.32 Å². The van der Waals surface area contributed by atoms with E-state index in [1.165, 1.54) is 12.5 Å². The second-order valence-electron chi connectivity index (χ2n) is 7.65. The molecule has 1 N–H and O–H groups in total. The smallest absolute Gasteiger partial charge is 0.251 e. The summed E-state index contributed by atoms with van der Waals surface area (Å²) in [6.45, 7) is 9.28. The summed E-state index contributed by atoms with van der Waals surface area (Å²) in [6.07, 6.45) is 0. The van der Waals surface area contributed by atoms with Crippen molar-refractivity contribution in [2.45, 2.75) is 39.7 Å². The normalized spacial score (nSPS) is 11.1. The lowest BCUT2D eigenvalue weighted by molar-refractivity contribution is -0.129. The Morgan fingerprint density at radius 1 is 1.00 bits per heavy atom. The number of carbonyl (C=O) groups excluding carboxylic acids is 2. The van der Waals surface area contributed by atoms with Gasteiger partial charge in [-0.1, -0.05) is 56.6 Å². The predicted molar refractivity (Wildman–Crippen MR) is 110 cm³/mol. The number of hydrogen-bond donors (Lipinski definition) is 1. The Hall–Kier alpha value is -2.33. The zero-order chi connectivity index (χ0) is 20.0. The summed E-state index contributed by atoms with van der Waals surface area (Å²) in [6, 6.07) is 15.0. The van der Waals surface area contributed by atoms with Crippen molar-refractivity contribution >= 4 is 23.4 Å². The molecule has 0 aliphatic carbocycles. The van der Waals surface area contributed by atoms with Crippen LogP contribution in [0.4, 0.5) is 0 Å². The minimum Gasteiger partial charge on any atom is -0.350 e. The second-order valence-corrected chi connectivity index (χ2v) is 8.09. The van der Waals surface area contributed by atoms with Crippen LogP contribution in [-0.4, -0.2) is 29.8 Å². The Morgan fingerprint density at radius 2 is 1.59 bits per heavy atom. The highest BCUT2D eigenvalue weighted by Crippen LogP contribution is 2.22. The molecule has 2 aromatic carbocycles. The van der Waals surface area contributed by atoms with Gasteiger partial charge in [-0.05, 0) is 40.8 Å². The Bertz CT molecular complexity index is 777. The third-order valence-electron chi connectivity index (χ3n) is 4.41. The summed E-state index contributed by atoms with van der Waals surface area (Å²) in [5.41, 5.74) is 2.86. The quantitative estimate of drug-likeness (QED) is 0.799. The molecule has 0 unspecified atom stereocenters. The van der Waals surface area contributed by atoms with Gasteiger partial charge in [-0.2, -0.15) is 0 Å². The average Bonchev–Trinajstić information content (AvgIpc) is 2.61. The first-order valence-electron chi connectivity index (χ1n) is 9.05. The van der Waals surface area contributed by atoms with Crippen molar-refractivity contribution in [1.29, 1.82) is 0 Å². The van der Waals surface area contributed by atoms with Crippen LogP contribution in [0.15, 0.2) is 48.5 Å². The van der Waals surface area contributed by atoms with Crippen LogP contribution in [0.1, 0.15) is 49.2 Å². The van der Waals surface area contributed by atoms with Crippen LogP contribution in [0.3, 0.4) is 0 Å². The van der Waals surface area contributed by atoms with Gasteiger partial charge in [0.2, 0.25) is 5.91 Å². The Balaban J connectivity index is 1.89. The molecule has 0 spiro atoms. The van der Waals surface area contributed by atoms with Gasteiger partial charge in [-0.15, -0.1) is 0 Å². The molecule has 2 rings (SSSR count). The fourth-order valence-electron chi connectivity index (χ4n) is 2.69. The molecule has 27 heavy (non-hydrogen) atoms. The van der Waals surface area contributed by atoms with Gasteiger partial charge < -0.3 is 10.2 Å². The maximum absolute atomic E-state index is 12.3. The Kier molecular flexibility index (Phi) is 7.03. The van der Waals surface area contributed by atoms with E-state index >= 15 is 0 Å². The third kappa shape index (κ3) is 6.40. The van der Waals surface area contributed by atoms with Crippen molar-refractivity contribution in [3.8, 4) is 0 Å². The Labute approximate surface area is 166 Å². The maximum Gasteiger partial charge on any atom is 0.251 e. The highest BCUT2D eigenvalue weighted by atomic mass is 35.5. The summed E-state index contributed by atoms with van der Waals surface area (Å²) >= 11 is 5.89. The third-order valence-corrected chi connectivity index (χ3v) is 4.66. The fraction of sp³-hybridized carbons (Fsp3) is 0.364. The Morgan fingerprint density at radius 3 is 2.11 bits per heavy atom. The average molecular weight is 387 g/mol. The van der Waals surface area contributed by atoms with Crippen molar-refractivity contribution in [2.75, 3.05) is 13.1 Å². The zero-order valence-electron chi connectivity index (χ0n) is 16.4. The predicted octanol–water partition coefficient (Wildman–Crippen LogP) is 4.42. The molecule has 0 saturated carbocycles. The van der Waals surface area contributed by atoms with E-state index in [0.717, 1.165) is 5.56 Å². The molecule has 0 atom stereocenters. The molecule has 0 bridgehead atoms. The van der Waals surface area contributed by atoms with Crippen molar-refractivity contribution in [1.82, 2.24) is 10.2 Å². The first-order valence-corrected chi connectivity index (χ1v) is 9.43. The summed E-state index contributed by atoms with van der Waals surface area (Å²) in [7, 11) is 0. The number of carbonyl (C=O) groups is 2. The van der Waals surface area contributed by atoms with Gasteiger partial charge in [0.1, 0.15) is 0 Å². The first kappa shape index (κ1) is 21.0. The van der Waals surface area contributed by atoms with Crippen molar-refractivity contribution in [3.63, 3.8) is 0 Å². The van der Waals surface area contributed by atoms with E-state index in [1.54, 1.807) is 17.0 Å². The van der Waals surface area contributed by atoms with Gasteiger partial charge >= 0.3 is 0 Å². The van der Waals surface area contributed by atoms with E-state index in [0.29, 0.717) is 30.2 Å². The highest BCUT2D eigenvalue weighted by Gasteiger charge is 2.15. The largest absolute Gasteiger partial charge is 0.350 e. The molecule has 0 aliphatic heterocycles. The van der Waals surface area contributed by atoms with E-state index in [1.807, 2.05) is 36.4 Å². The van der Waals surface area contributed by atoms with Crippen molar-refractivity contribution in [3.05, 3.63) is 70.2 Å². The summed E-state index contributed by atoms with van der Waals surface area (Å²) < 4.78 is 0. The molecule has 0 aromatic heterocycles. The second kappa shape index (κ2) is 9.05. The van der Waals surface area contributed by atoms with Gasteiger partial charge in [0.15, 0.2) is 0 Å². The minimum atomic E-state index is -0.134. The molecule has 5 heteroatoms. The van der Waals surface area contributed by atoms with Crippen molar-refractivity contribution in [2.24, 2.45) is 0 Å². The lowest BCUT2D eigenvalue weighted by Gasteiger charge is -2.21. The van der Waals surface area contributed by atoms with E-state index < -0.39 is 0 Å². The molecule has 0 heterocycles. The van der Waals surface area contributed by atoms with Gasteiger partial charge in [0.25, 0.3) is 5.91 Å². The molecule has 144 valence electrons. The molecule has 2 aromatic rings. The summed E-state index contributed by atoms with van der Waals surface area (Å²) in [5.74, 6) is -0.167. The number of halogens is 1. The lowest BCUT2D eigenvalue weighted by Crippen LogP contribution is -2.37. The molecular weight excluding hydrogens is 360 g/mol. The van der Waals surface area contributed by atoms with Gasteiger partial charge in [0, 0.05) is 37.1 Å². The molecule has 0 aliphatic rings. The van der Waals surface area contributed by atoms with E-state index in [-0.39, 0.29) is 17.2 Å². The van der Waals surface area contributed by atoms with Crippen LogP contribution in [0, 0.1) is 0 Å². The van der Waals surface area contributed by atoms with E-state index in [9.17, 15) is 9.59 Å². The minimum absolute atomic E-state index is 0.0336. The molecule has 0 radical (unpaired) electrons. The van der Waals surface area contributed by atoms with Crippen LogP contribution in [-0.2, 0) is 16.8 Å². The van der Waals surface area contributed by atoms with E-state index in [2.05, 4.69) is 26.1 Å². The summed E-state index contributed by atoms with van der Waals surface area (Å²) in [4.78, 5) is 25.9. The molecule has 4 nitrogen and oxygen atoms in total. The molecular formula is C22H27ClN2O2. The fourth-order valence-corrected chi connectivity index (χ4v) is 2.81. The number of nitrogens with zero attached hydrogens (tertiary/aromatic N) is 1. The molecule has 2 amide bonds. The lowest BCUT2D eigenvalue weighted by atomic mass is 9.87. The van der Waals surface area contributed by atoms with Crippen LogP contribution in [0.5, 0.6) is 0 Å². The number of rotatable bonds is 6. The monoisotopic (exact) mass is 386 g/mol. The highest BCUT2D eigenvalue weighted by molar-refractivity contribution is 6.30. The summed E-state index contributed by atoms with van der Waals surface area (Å²) in [5, 5.41) is 3.55. The molecule has 0 saturated heterocycles. The first-order chi connectivity index (χ1) is 12.7. The van der Waals surface area contributed by atoms with E-state index in [4.69, 9.17) is 11.6 Å². The van der Waals surface area contributed by atoms with Crippen molar-refractivity contribution < 1.29 is 9.59 Å². The van der Waals surface area contributed by atoms with Gasteiger partial charge in [-0.25, -0.2) is 0 Å². The van der Waals surface area contributed by atoms with Crippen LogP contribution >= 0.6 is 11.6 Å². The van der Waals surface area contributed by atoms with Gasteiger partial charge in [-0.3, -0.25) is 9.59 Å². The van der Waals surface area contributed by atoms with Crippen LogP contribution in [0.2, 0.25) is 5.02 Å². The van der Waals surface area contributed by atoms with Gasteiger partial charge in [0.05, 0.1) is 0 Å². The zero-order valence-corrected chi connectivity index (χ0v) is 17.1. The number of hydrogen-bond acceptors (Lipinski definition) is 2. The maximum atomic E-state index is 12.3.